The molecule has 0 fully saturated rings. The number of benzene rings is 1. The molecule has 0 amide bonds. The van der Waals surface area contributed by atoms with Gasteiger partial charge in [0.05, 0.1) is 6.42 Å². The summed E-state index contributed by atoms with van der Waals surface area (Å²) in [6, 6.07) is 9.34. The largest absolute Gasteiger partial charge is 0.381 e. The Morgan fingerprint density at radius 2 is 2.00 bits per heavy atom. The molecule has 0 saturated heterocycles. The van der Waals surface area contributed by atoms with E-state index in [1.807, 2.05) is 30.3 Å². The Morgan fingerprint density at radius 1 is 1.33 bits per heavy atom. The third kappa shape index (κ3) is 3.11. The Kier molecular flexibility index (Phi) is 4.10. The van der Waals surface area contributed by atoms with Crippen molar-refractivity contribution in [2.24, 2.45) is 0 Å². The first-order chi connectivity index (χ1) is 9.85. The van der Waals surface area contributed by atoms with E-state index in [9.17, 15) is 18.5 Å². The maximum atomic E-state index is 11.3. The molecule has 1 atom stereocenters. The van der Waals surface area contributed by atoms with Crippen molar-refractivity contribution in [2.45, 2.75) is 11.3 Å². The van der Waals surface area contributed by atoms with Gasteiger partial charge in [0, 0.05) is 23.2 Å². The van der Waals surface area contributed by atoms with Crippen LogP contribution in [0.4, 0.5) is 5.69 Å². The molecule has 1 aromatic rings. The fourth-order valence-electron chi connectivity index (χ4n) is 1.96. The van der Waals surface area contributed by atoms with Crippen molar-refractivity contribution >= 4 is 15.8 Å². The van der Waals surface area contributed by atoms with E-state index in [0.717, 1.165) is 11.8 Å². The lowest BCUT2D eigenvalue weighted by Gasteiger charge is -2.21. The number of rotatable bonds is 5. The number of hydrogen-bond acceptors (Lipinski definition) is 5. The summed E-state index contributed by atoms with van der Waals surface area (Å²) in [5.41, 5.74) is 1.59. The summed E-state index contributed by atoms with van der Waals surface area (Å²) < 4.78 is 31.6. The molecule has 0 aromatic heterocycles. The fourth-order valence-corrected chi connectivity index (χ4v) is 2.69. The van der Waals surface area contributed by atoms with E-state index >= 15 is 0 Å². The van der Waals surface area contributed by atoms with Gasteiger partial charge in [-0.05, 0) is 17.7 Å². The summed E-state index contributed by atoms with van der Waals surface area (Å²) in [6.45, 7) is 0.403. The van der Waals surface area contributed by atoms with Crippen LogP contribution in [-0.2, 0) is 10.1 Å². The van der Waals surface area contributed by atoms with Gasteiger partial charge in [-0.15, -0.1) is 0 Å². The van der Waals surface area contributed by atoms with Crippen LogP contribution in [0.1, 0.15) is 6.42 Å². The standard InChI is InChI=1S/C13H14N2O5S/c16-15(17)13(21(18,19)20)8-6-11(7-9-13)10-14-12-4-2-1-3-5-12/h1-8,14H,9-10H2,(H,18,19,20). The number of nitrogens with one attached hydrogen (secondary N) is 1. The second-order valence-corrected chi connectivity index (χ2v) is 6.27. The molecular formula is C13H14N2O5S. The summed E-state index contributed by atoms with van der Waals surface area (Å²) >= 11 is 0. The Balaban J connectivity index is 2.09. The highest BCUT2D eigenvalue weighted by atomic mass is 32.2. The summed E-state index contributed by atoms with van der Waals surface area (Å²) in [6.07, 6.45) is 3.30. The molecule has 0 heterocycles. The average molecular weight is 310 g/mol. The Labute approximate surface area is 121 Å². The zero-order chi connectivity index (χ0) is 15.5. The molecule has 1 unspecified atom stereocenters. The molecule has 0 bridgehead atoms. The number of para-hydroxylation sites is 1. The third-order valence-corrected chi connectivity index (χ3v) is 4.59. The van der Waals surface area contributed by atoms with Crippen molar-refractivity contribution < 1.29 is 17.9 Å². The average Bonchev–Trinajstić information content (AvgIpc) is 2.45. The minimum Gasteiger partial charge on any atom is -0.381 e. The van der Waals surface area contributed by atoms with E-state index in [0.29, 0.717) is 12.1 Å². The summed E-state index contributed by atoms with van der Waals surface area (Å²) in [5, 5.41) is 14.1. The van der Waals surface area contributed by atoms with Gasteiger partial charge in [0.25, 0.3) is 0 Å². The van der Waals surface area contributed by atoms with Gasteiger partial charge in [-0.2, -0.15) is 8.42 Å². The maximum absolute atomic E-state index is 11.3. The zero-order valence-corrected chi connectivity index (χ0v) is 11.8. The second kappa shape index (κ2) is 5.66. The second-order valence-electron chi connectivity index (χ2n) is 4.61. The highest BCUT2D eigenvalue weighted by Crippen LogP contribution is 2.29. The minimum absolute atomic E-state index is 0.402. The van der Waals surface area contributed by atoms with Crippen LogP contribution >= 0.6 is 0 Å². The van der Waals surface area contributed by atoms with Crippen LogP contribution in [-0.4, -0.2) is 29.3 Å². The van der Waals surface area contributed by atoms with Crippen LogP contribution in [0, 0.1) is 10.1 Å². The Bertz CT molecular complexity index is 697. The highest BCUT2D eigenvalue weighted by molar-refractivity contribution is 7.87. The van der Waals surface area contributed by atoms with Crippen LogP contribution in [0.3, 0.4) is 0 Å². The first-order valence-corrected chi connectivity index (χ1v) is 7.58. The van der Waals surface area contributed by atoms with Gasteiger partial charge in [0.1, 0.15) is 0 Å². The number of anilines is 1. The molecule has 1 aliphatic rings. The van der Waals surface area contributed by atoms with Gasteiger partial charge in [-0.3, -0.25) is 14.7 Å². The molecule has 0 spiro atoms. The van der Waals surface area contributed by atoms with Gasteiger partial charge >= 0.3 is 15.0 Å². The van der Waals surface area contributed by atoms with E-state index in [1.54, 1.807) is 0 Å². The molecular weight excluding hydrogens is 296 g/mol. The zero-order valence-electron chi connectivity index (χ0n) is 11.0. The lowest BCUT2D eigenvalue weighted by atomic mass is 10.0. The van der Waals surface area contributed by atoms with E-state index in [2.05, 4.69) is 5.32 Å². The SMILES string of the molecule is O=[N+]([O-])C1(S(=O)(=O)O)C=CC(CNc2ccccc2)=CC1. The van der Waals surface area contributed by atoms with Crippen molar-refractivity contribution in [1.29, 1.82) is 0 Å². The molecule has 0 aliphatic heterocycles. The van der Waals surface area contributed by atoms with Crippen LogP contribution in [0.25, 0.3) is 0 Å². The van der Waals surface area contributed by atoms with Gasteiger partial charge in [0.2, 0.25) is 0 Å². The predicted octanol–water partition coefficient (Wildman–Crippen LogP) is 1.85. The predicted molar refractivity (Wildman–Crippen MR) is 78.0 cm³/mol. The van der Waals surface area contributed by atoms with Crippen molar-refractivity contribution in [3.63, 3.8) is 0 Å². The molecule has 2 N–H and O–H groups in total. The van der Waals surface area contributed by atoms with Crippen molar-refractivity contribution in [2.75, 3.05) is 11.9 Å². The third-order valence-electron chi connectivity index (χ3n) is 3.24. The molecule has 7 nitrogen and oxygen atoms in total. The first kappa shape index (κ1) is 15.2. The van der Waals surface area contributed by atoms with Crippen LogP contribution < -0.4 is 5.32 Å². The van der Waals surface area contributed by atoms with E-state index in [1.165, 1.54) is 12.2 Å². The van der Waals surface area contributed by atoms with Gasteiger partial charge < -0.3 is 5.32 Å². The summed E-state index contributed by atoms with van der Waals surface area (Å²) in [7, 11) is -4.83. The van der Waals surface area contributed by atoms with Crippen molar-refractivity contribution in [3.8, 4) is 0 Å². The summed E-state index contributed by atoms with van der Waals surface area (Å²) in [4.78, 5) is 7.51. The van der Waals surface area contributed by atoms with Crippen LogP contribution in [0.15, 0.2) is 54.1 Å². The van der Waals surface area contributed by atoms with Crippen molar-refractivity contribution in [3.05, 3.63) is 64.2 Å². The molecule has 0 saturated carbocycles. The first-order valence-electron chi connectivity index (χ1n) is 6.14. The van der Waals surface area contributed by atoms with Gasteiger partial charge in [0.15, 0.2) is 0 Å². The topological polar surface area (TPSA) is 110 Å². The molecule has 0 radical (unpaired) electrons. The lowest BCUT2D eigenvalue weighted by Crippen LogP contribution is -2.44. The highest BCUT2D eigenvalue weighted by Gasteiger charge is 2.53. The van der Waals surface area contributed by atoms with Crippen LogP contribution in [0.5, 0.6) is 0 Å². The van der Waals surface area contributed by atoms with Gasteiger partial charge in [-0.1, -0.05) is 30.4 Å². The summed E-state index contributed by atoms with van der Waals surface area (Å²) in [5.74, 6) is 0. The Morgan fingerprint density at radius 3 is 2.48 bits per heavy atom. The number of nitro groups is 1. The monoisotopic (exact) mass is 310 g/mol. The smallest absolute Gasteiger partial charge is 0.364 e. The van der Waals surface area contributed by atoms with E-state index in [4.69, 9.17) is 4.55 Å². The molecule has 112 valence electrons. The molecule has 1 aliphatic carbocycles. The molecule has 1 aromatic carbocycles. The minimum atomic E-state index is -4.83. The number of hydrogen-bond donors (Lipinski definition) is 2. The quantitative estimate of drug-likeness (QED) is 0.488. The Hall–Kier alpha value is -2.19. The molecule has 8 heteroatoms. The van der Waals surface area contributed by atoms with Gasteiger partial charge in [-0.25, -0.2) is 0 Å². The maximum Gasteiger partial charge on any atom is 0.364 e. The number of nitrogens with zero attached hydrogens (tertiary/aromatic N) is 1. The molecule has 2 rings (SSSR count). The van der Waals surface area contributed by atoms with Crippen LogP contribution in [0.2, 0.25) is 0 Å². The van der Waals surface area contributed by atoms with E-state index < -0.39 is 26.3 Å². The normalized spacial score (nSPS) is 21.7. The van der Waals surface area contributed by atoms with E-state index in [-0.39, 0.29) is 0 Å². The van der Waals surface area contributed by atoms with Crippen molar-refractivity contribution in [1.82, 2.24) is 0 Å². The fraction of sp³-hybridized carbons (Fsp3) is 0.231. The lowest BCUT2D eigenvalue weighted by molar-refractivity contribution is -0.527. The molecule has 21 heavy (non-hydrogen) atoms.